The summed E-state index contributed by atoms with van der Waals surface area (Å²) in [6.07, 6.45) is 0. The molecule has 0 saturated heterocycles. The van der Waals surface area contributed by atoms with Crippen LogP contribution in [0.3, 0.4) is 0 Å². The lowest BCUT2D eigenvalue weighted by molar-refractivity contribution is 1.18. The molecule has 0 atom stereocenters. The normalized spacial score (nSPS) is 11.8. The van der Waals surface area contributed by atoms with Crippen molar-refractivity contribution in [2.75, 3.05) is 4.90 Å². The third kappa shape index (κ3) is 3.93. The Morgan fingerprint density at radius 2 is 0.917 bits per heavy atom. The zero-order valence-electron chi connectivity index (χ0n) is 26.2. The minimum Gasteiger partial charge on any atom is -0.310 e. The summed E-state index contributed by atoms with van der Waals surface area (Å²) in [7, 11) is 0. The number of para-hydroxylation sites is 2. The van der Waals surface area contributed by atoms with Gasteiger partial charge in [-0.2, -0.15) is 0 Å². The van der Waals surface area contributed by atoms with E-state index in [0.29, 0.717) is 0 Å². The van der Waals surface area contributed by atoms with Gasteiger partial charge in [-0.1, -0.05) is 133 Å². The fourth-order valence-electron chi connectivity index (χ4n) is 7.86. The van der Waals surface area contributed by atoms with Crippen molar-refractivity contribution in [1.82, 2.24) is 4.57 Å². The Kier molecular flexibility index (Phi) is 5.91. The van der Waals surface area contributed by atoms with Crippen molar-refractivity contribution in [1.29, 1.82) is 0 Å². The summed E-state index contributed by atoms with van der Waals surface area (Å²) in [5, 5.41) is 12.7. The molecule has 1 heterocycles. The van der Waals surface area contributed by atoms with Crippen LogP contribution in [0, 0.1) is 0 Å². The summed E-state index contributed by atoms with van der Waals surface area (Å²) < 4.78 is 2.47. The van der Waals surface area contributed by atoms with Gasteiger partial charge in [-0.3, -0.25) is 0 Å². The van der Waals surface area contributed by atoms with Crippen LogP contribution in [0.25, 0.3) is 70.6 Å². The lowest BCUT2D eigenvalue weighted by Crippen LogP contribution is -2.10. The highest BCUT2D eigenvalue weighted by Crippen LogP contribution is 2.45. The number of rotatable bonds is 4. The van der Waals surface area contributed by atoms with Gasteiger partial charge >= 0.3 is 0 Å². The number of nitrogens with zero attached hydrogens (tertiary/aromatic N) is 2. The van der Waals surface area contributed by atoms with E-state index in [1.54, 1.807) is 0 Å². The van der Waals surface area contributed by atoms with Gasteiger partial charge in [0.25, 0.3) is 0 Å². The Bertz CT molecular complexity index is 2820. The number of hydrogen-bond donors (Lipinski definition) is 0. The summed E-state index contributed by atoms with van der Waals surface area (Å²) >= 11 is 0. The van der Waals surface area contributed by atoms with E-state index in [-0.39, 0.29) is 0 Å². The van der Waals surface area contributed by atoms with Crippen molar-refractivity contribution >= 4 is 82.0 Å². The summed E-state index contributed by atoms with van der Waals surface area (Å²) in [4.78, 5) is 2.37. The van der Waals surface area contributed by atoms with E-state index in [4.69, 9.17) is 0 Å². The van der Waals surface area contributed by atoms with E-state index in [1.165, 1.54) is 64.9 Å². The first-order chi connectivity index (χ1) is 23.8. The third-order valence-electron chi connectivity index (χ3n) is 9.91. The van der Waals surface area contributed by atoms with E-state index < -0.39 is 0 Å². The molecule has 10 rings (SSSR count). The molecule has 0 spiro atoms. The molecule has 0 bridgehead atoms. The predicted octanol–water partition coefficient (Wildman–Crippen LogP) is 12.9. The van der Waals surface area contributed by atoms with Gasteiger partial charge in [0, 0.05) is 44.0 Å². The van der Waals surface area contributed by atoms with Crippen molar-refractivity contribution in [3.63, 3.8) is 0 Å². The quantitative estimate of drug-likeness (QED) is 0.180. The highest BCUT2D eigenvalue weighted by Gasteiger charge is 2.21. The monoisotopic (exact) mass is 610 g/mol. The lowest BCUT2D eigenvalue weighted by Gasteiger charge is -2.27. The van der Waals surface area contributed by atoms with Gasteiger partial charge < -0.3 is 9.47 Å². The third-order valence-corrected chi connectivity index (χ3v) is 9.91. The SMILES string of the molecule is c1ccc(N(c2ccc(-n3c4ccccc4c4c5c6ccccc6ccc5c5ccccc5c43)cc2)c2cccc3ccccc23)cc1. The van der Waals surface area contributed by atoms with Gasteiger partial charge in [-0.15, -0.1) is 0 Å². The van der Waals surface area contributed by atoms with Crippen molar-refractivity contribution in [3.05, 3.63) is 182 Å². The second-order valence-corrected chi connectivity index (χ2v) is 12.5. The number of hydrogen-bond acceptors (Lipinski definition) is 1. The highest BCUT2D eigenvalue weighted by molar-refractivity contribution is 6.36. The molecule has 10 aromatic rings. The molecule has 0 unspecified atom stereocenters. The van der Waals surface area contributed by atoms with E-state index in [2.05, 4.69) is 191 Å². The largest absolute Gasteiger partial charge is 0.310 e. The first-order valence-electron chi connectivity index (χ1n) is 16.5. The van der Waals surface area contributed by atoms with Crippen LogP contribution in [0.1, 0.15) is 0 Å². The van der Waals surface area contributed by atoms with Crippen LogP contribution in [0.2, 0.25) is 0 Å². The number of benzene rings is 9. The molecule has 0 N–H and O–H groups in total. The smallest absolute Gasteiger partial charge is 0.0626 e. The van der Waals surface area contributed by atoms with E-state index in [9.17, 15) is 0 Å². The zero-order chi connectivity index (χ0) is 31.6. The number of fused-ring (bicyclic) bond motifs is 11. The Balaban J connectivity index is 1.26. The Morgan fingerprint density at radius 1 is 0.333 bits per heavy atom. The maximum absolute atomic E-state index is 2.47. The summed E-state index contributed by atoms with van der Waals surface area (Å²) in [6.45, 7) is 0. The molecule has 0 saturated carbocycles. The number of aromatic nitrogens is 1. The molecular formula is C46H30N2. The molecule has 0 radical (unpaired) electrons. The first-order valence-corrected chi connectivity index (χ1v) is 16.5. The van der Waals surface area contributed by atoms with Crippen LogP contribution in [0.15, 0.2) is 182 Å². The Morgan fingerprint density at radius 3 is 1.71 bits per heavy atom. The fraction of sp³-hybridized carbons (Fsp3) is 0. The molecule has 0 fully saturated rings. The van der Waals surface area contributed by atoms with Crippen LogP contribution in [-0.4, -0.2) is 4.57 Å². The predicted molar refractivity (Wildman–Crippen MR) is 205 cm³/mol. The maximum atomic E-state index is 2.47. The second kappa shape index (κ2) is 10.6. The molecular weight excluding hydrogens is 581 g/mol. The van der Waals surface area contributed by atoms with Crippen LogP contribution >= 0.6 is 0 Å². The second-order valence-electron chi connectivity index (χ2n) is 12.5. The molecule has 1 aromatic heterocycles. The summed E-state index contributed by atoms with van der Waals surface area (Å²) in [5.74, 6) is 0. The van der Waals surface area contributed by atoms with Gasteiger partial charge in [-0.05, 0) is 75.5 Å². The van der Waals surface area contributed by atoms with Crippen molar-refractivity contribution in [3.8, 4) is 5.69 Å². The molecule has 48 heavy (non-hydrogen) atoms. The van der Waals surface area contributed by atoms with E-state index in [1.807, 2.05) is 0 Å². The van der Waals surface area contributed by atoms with Crippen molar-refractivity contribution in [2.24, 2.45) is 0 Å². The molecule has 0 amide bonds. The highest BCUT2D eigenvalue weighted by atomic mass is 15.1. The summed E-state index contributed by atoms with van der Waals surface area (Å²) in [6, 6.07) is 66.1. The Hall–Kier alpha value is -6.38. The number of anilines is 3. The van der Waals surface area contributed by atoms with Gasteiger partial charge in [-0.25, -0.2) is 0 Å². The van der Waals surface area contributed by atoms with Gasteiger partial charge in [0.1, 0.15) is 0 Å². The zero-order valence-corrected chi connectivity index (χ0v) is 26.2. The maximum Gasteiger partial charge on any atom is 0.0626 e. The molecule has 0 aliphatic carbocycles. The van der Waals surface area contributed by atoms with Crippen LogP contribution < -0.4 is 4.90 Å². The topological polar surface area (TPSA) is 8.17 Å². The van der Waals surface area contributed by atoms with Gasteiger partial charge in [0.2, 0.25) is 0 Å². The average Bonchev–Trinajstić information content (AvgIpc) is 3.51. The Labute approximate surface area is 278 Å². The van der Waals surface area contributed by atoms with Crippen molar-refractivity contribution in [2.45, 2.75) is 0 Å². The lowest BCUT2D eigenvalue weighted by atomic mass is 9.93. The minimum atomic E-state index is 1.11. The minimum absolute atomic E-state index is 1.11. The molecule has 2 nitrogen and oxygen atoms in total. The molecule has 0 aliphatic rings. The van der Waals surface area contributed by atoms with E-state index >= 15 is 0 Å². The molecule has 2 heteroatoms. The standard InChI is InChI=1S/C46H30N2/c1-2-16-33(17-3-1)47(42-24-12-15-31-13-4-6-18-36(31)42)34-26-28-35(29-27-34)48-43-23-11-10-22-41(43)45-44-37-19-7-5-14-32(37)25-30-39(44)38-20-8-9-21-40(38)46(45)48/h1-30H. The van der Waals surface area contributed by atoms with Gasteiger partial charge in [0.05, 0.1) is 16.7 Å². The molecule has 9 aromatic carbocycles. The average molecular weight is 611 g/mol. The summed E-state index contributed by atoms with van der Waals surface area (Å²) in [5.41, 5.74) is 7.00. The van der Waals surface area contributed by atoms with Crippen LogP contribution in [-0.2, 0) is 0 Å². The fourth-order valence-corrected chi connectivity index (χ4v) is 7.86. The molecule has 0 aliphatic heterocycles. The first kappa shape index (κ1) is 26.8. The van der Waals surface area contributed by atoms with E-state index in [0.717, 1.165) is 22.7 Å². The van der Waals surface area contributed by atoms with Gasteiger partial charge in [0.15, 0.2) is 0 Å². The van der Waals surface area contributed by atoms with Crippen LogP contribution in [0.4, 0.5) is 17.1 Å². The molecule has 224 valence electrons. The van der Waals surface area contributed by atoms with Crippen LogP contribution in [0.5, 0.6) is 0 Å². The van der Waals surface area contributed by atoms with Crippen molar-refractivity contribution < 1.29 is 0 Å².